The molecule has 208 valence electrons. The lowest BCUT2D eigenvalue weighted by atomic mass is 9.86. The molecular weight excluding hydrogens is 479 g/mol. The minimum atomic E-state index is -4.35. The van der Waals surface area contributed by atoms with Gasteiger partial charge in [-0.05, 0) is 60.9 Å². The molecule has 1 aromatic rings. The van der Waals surface area contributed by atoms with Crippen molar-refractivity contribution in [3.05, 3.63) is 108 Å². The summed E-state index contributed by atoms with van der Waals surface area (Å²) >= 11 is 0. The molecule has 0 aliphatic rings. The number of hydrogen-bond donors (Lipinski definition) is 0. The second-order valence-corrected chi connectivity index (χ2v) is 9.96. The van der Waals surface area contributed by atoms with Gasteiger partial charge >= 0.3 is 6.18 Å². The van der Waals surface area contributed by atoms with Crippen molar-refractivity contribution in [1.29, 1.82) is 0 Å². The lowest BCUT2D eigenvalue weighted by Crippen LogP contribution is -2.06. The van der Waals surface area contributed by atoms with Gasteiger partial charge in [0.1, 0.15) is 0 Å². The predicted octanol–water partition coefficient (Wildman–Crippen LogP) is 11.3. The van der Waals surface area contributed by atoms with Crippen LogP contribution >= 0.6 is 0 Å². The van der Waals surface area contributed by atoms with Crippen LogP contribution in [0.15, 0.2) is 102 Å². The summed E-state index contributed by atoms with van der Waals surface area (Å²) in [7, 11) is 0. The molecule has 0 heterocycles. The first kappa shape index (κ1) is 33.1. The zero-order chi connectivity index (χ0) is 28.7. The average Bonchev–Trinajstić information content (AvgIpc) is 2.88. The number of hydrogen-bond acceptors (Lipinski definition) is 1. The van der Waals surface area contributed by atoms with Crippen molar-refractivity contribution in [2.24, 2.45) is 10.9 Å². The van der Waals surface area contributed by atoms with Gasteiger partial charge in [0.25, 0.3) is 0 Å². The Morgan fingerprint density at radius 3 is 2.08 bits per heavy atom. The van der Waals surface area contributed by atoms with Crippen molar-refractivity contribution in [2.45, 2.75) is 91.2 Å². The van der Waals surface area contributed by atoms with Gasteiger partial charge in [-0.15, -0.1) is 6.58 Å². The van der Waals surface area contributed by atoms with E-state index in [9.17, 15) is 13.2 Å². The molecule has 0 spiro atoms. The highest BCUT2D eigenvalue weighted by atomic mass is 19.4. The molecule has 1 rings (SSSR count). The Balaban J connectivity index is 3.21. The average molecular weight is 526 g/mol. The maximum Gasteiger partial charge on any atom is 0.416 e. The van der Waals surface area contributed by atoms with E-state index >= 15 is 0 Å². The standard InChI is InChI=1S/C34H46F3N/c1-9-13-23-38-33(25(5)17-18-29(14-10-2)15-11-3)32(16-12-4)27(7)24-26(6)28(8)30-19-21-31(22-20-30)34(35,36)37/h9,12,16,19-23,28-29H,1,5-7,10-11,13-15,17-18,24H2,2-4,8H3/b16-12+,33-32-,38-23-. The molecule has 0 aliphatic heterocycles. The summed E-state index contributed by atoms with van der Waals surface area (Å²) in [6.07, 6.45) is 11.2. The monoisotopic (exact) mass is 525 g/mol. The van der Waals surface area contributed by atoms with Gasteiger partial charge in [0.2, 0.25) is 0 Å². The zero-order valence-corrected chi connectivity index (χ0v) is 23.8. The molecule has 0 N–H and O–H groups in total. The number of benzene rings is 1. The molecular formula is C34H46F3N. The molecule has 0 saturated heterocycles. The quantitative estimate of drug-likeness (QED) is 0.109. The van der Waals surface area contributed by atoms with Gasteiger partial charge in [0.15, 0.2) is 0 Å². The zero-order valence-electron chi connectivity index (χ0n) is 23.8. The molecule has 1 unspecified atom stereocenters. The van der Waals surface area contributed by atoms with Crippen molar-refractivity contribution in [1.82, 2.24) is 0 Å². The van der Waals surface area contributed by atoms with Gasteiger partial charge in [-0.2, -0.15) is 13.2 Å². The molecule has 0 aliphatic carbocycles. The lowest BCUT2D eigenvalue weighted by molar-refractivity contribution is -0.137. The lowest BCUT2D eigenvalue weighted by Gasteiger charge is -2.20. The summed E-state index contributed by atoms with van der Waals surface area (Å²) in [6, 6.07) is 5.31. The first-order chi connectivity index (χ1) is 18.0. The van der Waals surface area contributed by atoms with E-state index < -0.39 is 11.7 Å². The maximum absolute atomic E-state index is 13.0. The van der Waals surface area contributed by atoms with Crippen molar-refractivity contribution < 1.29 is 13.2 Å². The fourth-order valence-corrected chi connectivity index (χ4v) is 4.57. The number of aliphatic imine (C=N–C) groups is 1. The van der Waals surface area contributed by atoms with E-state index in [-0.39, 0.29) is 5.92 Å². The number of rotatable bonds is 17. The largest absolute Gasteiger partial charge is 0.416 e. The molecule has 38 heavy (non-hydrogen) atoms. The van der Waals surface area contributed by atoms with E-state index in [1.807, 2.05) is 32.2 Å². The molecule has 0 aromatic heterocycles. The van der Waals surface area contributed by atoms with Crippen molar-refractivity contribution in [2.75, 3.05) is 0 Å². The van der Waals surface area contributed by atoms with Crippen molar-refractivity contribution >= 4 is 6.21 Å². The normalized spacial score (nSPS) is 13.7. The fourth-order valence-electron chi connectivity index (χ4n) is 4.57. The van der Waals surface area contributed by atoms with E-state index in [1.165, 1.54) is 37.8 Å². The molecule has 1 nitrogen and oxygen atoms in total. The summed E-state index contributed by atoms with van der Waals surface area (Å²) in [6.45, 7) is 25.2. The third kappa shape index (κ3) is 10.8. The smallest absolute Gasteiger partial charge is 0.260 e. The topological polar surface area (TPSA) is 12.4 Å². The molecule has 0 bridgehead atoms. The van der Waals surface area contributed by atoms with E-state index in [2.05, 4.69) is 40.2 Å². The number of alkyl halides is 3. The van der Waals surface area contributed by atoms with Crippen LogP contribution in [0.4, 0.5) is 13.2 Å². The highest BCUT2D eigenvalue weighted by Crippen LogP contribution is 2.35. The second kappa shape index (κ2) is 16.9. The molecule has 0 fully saturated rings. The number of allylic oxidation sites excluding steroid dienone is 7. The molecule has 0 radical (unpaired) electrons. The van der Waals surface area contributed by atoms with Gasteiger partial charge in [-0.25, -0.2) is 0 Å². The maximum atomic E-state index is 13.0. The Morgan fingerprint density at radius 1 is 0.974 bits per heavy atom. The molecule has 1 aromatic carbocycles. The van der Waals surface area contributed by atoms with Crippen LogP contribution in [0, 0.1) is 5.92 Å². The van der Waals surface area contributed by atoms with Crippen LogP contribution in [0.2, 0.25) is 0 Å². The molecule has 0 amide bonds. The minimum Gasteiger partial charge on any atom is -0.260 e. The highest BCUT2D eigenvalue weighted by Gasteiger charge is 2.30. The second-order valence-electron chi connectivity index (χ2n) is 9.96. The Labute approximate surface area is 229 Å². The van der Waals surface area contributed by atoms with Crippen LogP contribution in [-0.4, -0.2) is 6.21 Å². The van der Waals surface area contributed by atoms with Gasteiger partial charge in [0, 0.05) is 24.1 Å². The van der Waals surface area contributed by atoms with Gasteiger partial charge in [0.05, 0.1) is 11.3 Å². The Bertz CT molecular complexity index is 1010. The van der Waals surface area contributed by atoms with E-state index in [0.717, 1.165) is 58.5 Å². The summed E-state index contributed by atoms with van der Waals surface area (Å²) in [4.78, 5) is 4.80. The summed E-state index contributed by atoms with van der Waals surface area (Å²) in [5, 5.41) is 0. The van der Waals surface area contributed by atoms with Crippen LogP contribution in [0.1, 0.15) is 96.1 Å². The van der Waals surface area contributed by atoms with Crippen LogP contribution in [0.3, 0.4) is 0 Å². The van der Waals surface area contributed by atoms with Crippen LogP contribution in [0.25, 0.3) is 0 Å². The van der Waals surface area contributed by atoms with Crippen LogP contribution < -0.4 is 0 Å². The first-order valence-electron chi connectivity index (χ1n) is 13.7. The molecule has 4 heteroatoms. The Hall–Kier alpha value is -2.88. The van der Waals surface area contributed by atoms with Crippen LogP contribution in [0.5, 0.6) is 0 Å². The third-order valence-electron chi connectivity index (χ3n) is 6.84. The number of nitrogens with zero attached hydrogens (tertiary/aromatic N) is 1. The molecule has 0 saturated carbocycles. The predicted molar refractivity (Wildman–Crippen MR) is 160 cm³/mol. The van der Waals surface area contributed by atoms with Crippen molar-refractivity contribution in [3.63, 3.8) is 0 Å². The van der Waals surface area contributed by atoms with E-state index in [4.69, 9.17) is 4.99 Å². The SMILES string of the molecule is C=CC\C=N/C(C(=C)CCC(CCC)CCC)=C(/C=C/C)C(=C)CC(=C)C(C)c1ccc(C(F)(F)F)cc1. The fraction of sp³-hybridized carbons (Fsp3) is 0.441. The number of halogens is 3. The summed E-state index contributed by atoms with van der Waals surface area (Å²) in [5.74, 6) is 0.554. The van der Waals surface area contributed by atoms with Crippen LogP contribution in [-0.2, 0) is 6.18 Å². The first-order valence-corrected chi connectivity index (χ1v) is 13.7. The summed E-state index contributed by atoms with van der Waals surface area (Å²) < 4.78 is 38.9. The van der Waals surface area contributed by atoms with E-state index in [1.54, 1.807) is 6.08 Å². The van der Waals surface area contributed by atoms with Crippen molar-refractivity contribution in [3.8, 4) is 0 Å². The third-order valence-corrected chi connectivity index (χ3v) is 6.84. The van der Waals surface area contributed by atoms with Gasteiger partial charge in [-0.3, -0.25) is 4.99 Å². The van der Waals surface area contributed by atoms with E-state index in [0.29, 0.717) is 18.8 Å². The summed E-state index contributed by atoms with van der Waals surface area (Å²) in [5.41, 5.74) is 4.61. The Morgan fingerprint density at radius 2 is 1.58 bits per heavy atom. The molecule has 1 atom stereocenters. The highest BCUT2D eigenvalue weighted by molar-refractivity contribution is 5.64. The minimum absolute atomic E-state index is 0.124. The van der Waals surface area contributed by atoms with Gasteiger partial charge in [-0.1, -0.05) is 102 Å². The van der Waals surface area contributed by atoms with Gasteiger partial charge < -0.3 is 0 Å². The Kier molecular flexibility index (Phi) is 14.7.